The molecule has 7 rings (SSSR count). The number of nitriles is 1. The number of ether oxygens (including phenoxy) is 2. The van der Waals surface area contributed by atoms with Gasteiger partial charge >= 0.3 is 5.97 Å². The Bertz CT molecular complexity index is 1720. The van der Waals surface area contributed by atoms with Crippen LogP contribution in [0.3, 0.4) is 0 Å². The summed E-state index contributed by atoms with van der Waals surface area (Å²) in [5.41, 5.74) is 3.86. The fourth-order valence-electron chi connectivity index (χ4n) is 6.74. The van der Waals surface area contributed by atoms with Gasteiger partial charge in [-0.1, -0.05) is 12.1 Å². The van der Waals surface area contributed by atoms with Gasteiger partial charge in [0.2, 0.25) is 5.88 Å². The van der Waals surface area contributed by atoms with Gasteiger partial charge in [0.1, 0.15) is 18.2 Å². The number of carboxylic acids is 1. The third kappa shape index (κ3) is 4.90. The third-order valence-corrected chi connectivity index (χ3v) is 9.41. The van der Waals surface area contributed by atoms with Gasteiger partial charge < -0.3 is 19.1 Å². The fraction of sp³-hybridized carbons (Fsp3) is 0.394. The normalized spacial score (nSPS) is 24.7. The summed E-state index contributed by atoms with van der Waals surface area (Å²) in [6, 6.07) is 17.3. The standard InChI is InChI=1S/C33H31FN4O4/c34-26-14-20(17-35)4-5-23(26)19-42-30-3-1-2-27(36-30)21-8-11-33(12-9-21)16-25(33)31-37-28-7-6-22(32(39)40)15-29(28)38(31)18-24-10-13-41-24/h1-7,14-15,21,24-25H,8-13,16,18-19H2,(H,39,40). The number of hydrogen-bond acceptors (Lipinski definition) is 6. The molecule has 1 spiro atoms. The number of aromatic nitrogens is 3. The lowest BCUT2D eigenvalue weighted by Gasteiger charge is -2.30. The molecule has 4 aromatic rings. The summed E-state index contributed by atoms with van der Waals surface area (Å²) in [5.74, 6) is 0.810. The van der Waals surface area contributed by atoms with Gasteiger partial charge in [-0.05, 0) is 80.3 Å². The molecule has 0 bridgehead atoms. The largest absolute Gasteiger partial charge is 0.478 e. The van der Waals surface area contributed by atoms with Crippen molar-refractivity contribution in [2.75, 3.05) is 6.61 Å². The highest BCUT2D eigenvalue weighted by Gasteiger charge is 2.57. The molecule has 3 heterocycles. The maximum Gasteiger partial charge on any atom is 0.335 e. The smallest absolute Gasteiger partial charge is 0.335 e. The van der Waals surface area contributed by atoms with E-state index in [4.69, 9.17) is 24.7 Å². The molecule has 2 aromatic heterocycles. The van der Waals surface area contributed by atoms with E-state index in [1.165, 1.54) is 6.07 Å². The second kappa shape index (κ2) is 10.5. The minimum absolute atomic E-state index is 0.0459. The molecule has 2 atom stereocenters. The van der Waals surface area contributed by atoms with Crippen LogP contribution in [0, 0.1) is 22.6 Å². The van der Waals surface area contributed by atoms with Gasteiger partial charge in [0.05, 0.1) is 40.9 Å². The topological polar surface area (TPSA) is 110 Å². The molecule has 42 heavy (non-hydrogen) atoms. The minimum atomic E-state index is -0.934. The molecule has 2 aliphatic carbocycles. The van der Waals surface area contributed by atoms with Crippen molar-refractivity contribution in [3.63, 3.8) is 0 Å². The number of imidazole rings is 1. The van der Waals surface area contributed by atoms with Crippen molar-refractivity contribution < 1.29 is 23.8 Å². The highest BCUT2D eigenvalue weighted by molar-refractivity contribution is 5.92. The number of rotatable bonds is 8. The van der Waals surface area contributed by atoms with Crippen LogP contribution in [0.25, 0.3) is 11.0 Å². The molecule has 1 saturated heterocycles. The van der Waals surface area contributed by atoms with Crippen LogP contribution in [0.4, 0.5) is 4.39 Å². The monoisotopic (exact) mass is 566 g/mol. The number of hydrogen-bond donors (Lipinski definition) is 1. The van der Waals surface area contributed by atoms with Crippen LogP contribution in [-0.2, 0) is 17.9 Å². The quantitative estimate of drug-likeness (QED) is 0.265. The maximum absolute atomic E-state index is 14.3. The first kappa shape index (κ1) is 26.6. The molecule has 9 heteroatoms. The fourth-order valence-corrected chi connectivity index (χ4v) is 6.74. The Balaban J connectivity index is 1.04. The molecule has 1 N–H and O–H groups in total. The Morgan fingerprint density at radius 1 is 1.14 bits per heavy atom. The first-order valence-corrected chi connectivity index (χ1v) is 14.6. The summed E-state index contributed by atoms with van der Waals surface area (Å²) < 4.78 is 28.1. The van der Waals surface area contributed by atoms with Crippen molar-refractivity contribution in [1.29, 1.82) is 5.26 Å². The number of carboxylic acid groups (broad SMARTS) is 1. The zero-order chi connectivity index (χ0) is 28.8. The zero-order valence-electron chi connectivity index (χ0n) is 23.1. The lowest BCUT2D eigenvalue weighted by atomic mass is 9.77. The van der Waals surface area contributed by atoms with Crippen LogP contribution in [0.2, 0.25) is 0 Å². The van der Waals surface area contributed by atoms with E-state index < -0.39 is 11.8 Å². The molecule has 214 valence electrons. The Morgan fingerprint density at radius 3 is 2.69 bits per heavy atom. The average molecular weight is 567 g/mol. The molecule has 2 saturated carbocycles. The van der Waals surface area contributed by atoms with Crippen molar-refractivity contribution in [3.8, 4) is 11.9 Å². The average Bonchev–Trinajstić information content (AvgIpc) is 3.55. The highest BCUT2D eigenvalue weighted by Crippen LogP contribution is 2.67. The second-order valence-corrected chi connectivity index (χ2v) is 11.9. The molecule has 3 fully saturated rings. The van der Waals surface area contributed by atoms with Crippen LogP contribution in [0.15, 0.2) is 54.6 Å². The molecular weight excluding hydrogens is 535 g/mol. The van der Waals surface area contributed by atoms with E-state index in [0.717, 1.165) is 67.7 Å². The number of nitrogens with zero attached hydrogens (tertiary/aromatic N) is 4. The molecule has 0 radical (unpaired) electrons. The lowest BCUT2D eigenvalue weighted by molar-refractivity contribution is -0.0590. The molecule has 2 aromatic carbocycles. The Kier molecular flexibility index (Phi) is 6.66. The zero-order valence-corrected chi connectivity index (χ0v) is 23.1. The molecular formula is C33H31FN4O4. The predicted molar refractivity (Wildman–Crippen MR) is 152 cm³/mol. The van der Waals surface area contributed by atoms with Crippen molar-refractivity contribution in [2.45, 2.75) is 69.6 Å². The first-order chi connectivity index (χ1) is 20.4. The Labute approximate surface area is 242 Å². The SMILES string of the molecule is N#Cc1ccc(COc2cccc(C3CCC4(CC3)CC4c3nc4ccc(C(=O)O)cc4n3CC3CCO3)n2)c(F)c1. The van der Waals surface area contributed by atoms with E-state index in [1.54, 1.807) is 30.3 Å². The Morgan fingerprint density at radius 2 is 1.98 bits per heavy atom. The minimum Gasteiger partial charge on any atom is -0.478 e. The summed E-state index contributed by atoms with van der Waals surface area (Å²) in [5, 5.41) is 18.5. The van der Waals surface area contributed by atoms with E-state index >= 15 is 0 Å². The highest BCUT2D eigenvalue weighted by atomic mass is 19.1. The van der Waals surface area contributed by atoms with E-state index in [1.807, 2.05) is 24.3 Å². The van der Waals surface area contributed by atoms with Crippen molar-refractivity contribution in [3.05, 3.63) is 88.6 Å². The van der Waals surface area contributed by atoms with Gasteiger partial charge in [-0.25, -0.2) is 19.2 Å². The van der Waals surface area contributed by atoms with Gasteiger partial charge in [-0.15, -0.1) is 0 Å². The second-order valence-electron chi connectivity index (χ2n) is 11.9. The summed E-state index contributed by atoms with van der Waals surface area (Å²) in [6.45, 7) is 1.52. The Hall–Kier alpha value is -4.29. The van der Waals surface area contributed by atoms with Crippen LogP contribution in [0.5, 0.6) is 5.88 Å². The number of halogens is 1. The number of pyridine rings is 1. The molecule has 0 amide bonds. The van der Waals surface area contributed by atoms with Gasteiger partial charge in [0.25, 0.3) is 0 Å². The third-order valence-electron chi connectivity index (χ3n) is 9.41. The van der Waals surface area contributed by atoms with Crippen molar-refractivity contribution >= 4 is 17.0 Å². The van der Waals surface area contributed by atoms with Crippen LogP contribution in [-0.4, -0.2) is 38.3 Å². The molecule has 2 unspecified atom stereocenters. The summed E-state index contributed by atoms with van der Waals surface area (Å²) in [7, 11) is 0. The number of benzene rings is 2. The van der Waals surface area contributed by atoms with E-state index in [0.29, 0.717) is 29.8 Å². The van der Waals surface area contributed by atoms with Crippen LogP contribution >= 0.6 is 0 Å². The van der Waals surface area contributed by atoms with E-state index in [9.17, 15) is 14.3 Å². The predicted octanol–water partition coefficient (Wildman–Crippen LogP) is 6.34. The molecule has 3 aliphatic rings. The van der Waals surface area contributed by atoms with E-state index in [-0.39, 0.29) is 29.3 Å². The first-order valence-electron chi connectivity index (χ1n) is 14.6. The van der Waals surface area contributed by atoms with Gasteiger partial charge in [0, 0.05) is 35.8 Å². The number of aromatic carboxylic acids is 1. The molecule has 8 nitrogen and oxygen atoms in total. The van der Waals surface area contributed by atoms with Crippen molar-refractivity contribution in [1.82, 2.24) is 14.5 Å². The van der Waals surface area contributed by atoms with Crippen molar-refractivity contribution in [2.24, 2.45) is 5.41 Å². The van der Waals surface area contributed by atoms with Crippen LogP contribution in [0.1, 0.15) is 83.4 Å². The van der Waals surface area contributed by atoms with Gasteiger partial charge in [0.15, 0.2) is 0 Å². The maximum atomic E-state index is 14.3. The number of fused-ring (bicyclic) bond motifs is 1. The summed E-state index contributed by atoms with van der Waals surface area (Å²) >= 11 is 0. The van der Waals surface area contributed by atoms with Gasteiger partial charge in [-0.3, -0.25) is 0 Å². The lowest BCUT2D eigenvalue weighted by Crippen LogP contribution is -2.32. The van der Waals surface area contributed by atoms with E-state index in [2.05, 4.69) is 4.57 Å². The van der Waals surface area contributed by atoms with Gasteiger partial charge in [-0.2, -0.15) is 5.26 Å². The van der Waals surface area contributed by atoms with Crippen LogP contribution < -0.4 is 4.74 Å². The number of carbonyl (C=O) groups is 1. The summed E-state index contributed by atoms with van der Waals surface area (Å²) in [4.78, 5) is 21.4. The molecule has 1 aliphatic heterocycles. The summed E-state index contributed by atoms with van der Waals surface area (Å²) in [6.07, 6.45) is 6.44.